The van der Waals surface area contributed by atoms with Crippen LogP contribution in [0.5, 0.6) is 0 Å². The first-order chi connectivity index (χ1) is 8.40. The summed E-state index contributed by atoms with van der Waals surface area (Å²) in [5, 5.41) is 18.7. The Morgan fingerprint density at radius 2 is 2.06 bits per heavy atom. The number of hydrogen-bond donors (Lipinski definition) is 2. The van der Waals surface area contributed by atoms with Gasteiger partial charge in [-0.05, 0) is 50.4 Å². The van der Waals surface area contributed by atoms with Gasteiger partial charge >= 0.3 is 5.97 Å². The Kier molecular flexibility index (Phi) is 5.86. The van der Waals surface area contributed by atoms with Gasteiger partial charge in [-0.1, -0.05) is 26.3 Å². The van der Waals surface area contributed by atoms with Crippen LogP contribution in [0.2, 0.25) is 0 Å². The second-order valence-corrected chi connectivity index (χ2v) is 6.02. The summed E-state index contributed by atoms with van der Waals surface area (Å²) in [7, 11) is 0. The molecule has 2 N–H and O–H groups in total. The van der Waals surface area contributed by atoms with Crippen molar-refractivity contribution in [1.82, 2.24) is 0 Å². The summed E-state index contributed by atoms with van der Waals surface area (Å²) >= 11 is 0. The zero-order valence-corrected chi connectivity index (χ0v) is 11.7. The lowest BCUT2D eigenvalue weighted by atomic mass is 9.74. The molecule has 1 aliphatic rings. The van der Waals surface area contributed by atoms with Gasteiger partial charge in [0.05, 0.1) is 6.10 Å². The van der Waals surface area contributed by atoms with E-state index < -0.39 is 5.97 Å². The van der Waals surface area contributed by atoms with Crippen molar-refractivity contribution in [2.24, 2.45) is 17.8 Å². The quantitative estimate of drug-likeness (QED) is 0.741. The molecule has 0 aromatic heterocycles. The molecule has 1 rings (SSSR count). The number of aliphatic carboxylic acids is 1. The van der Waals surface area contributed by atoms with Gasteiger partial charge in [-0.2, -0.15) is 0 Å². The van der Waals surface area contributed by atoms with E-state index in [0.717, 1.165) is 19.3 Å². The zero-order valence-electron chi connectivity index (χ0n) is 11.7. The largest absolute Gasteiger partial charge is 0.478 e. The molecule has 0 aliphatic heterocycles. The van der Waals surface area contributed by atoms with E-state index in [1.54, 1.807) is 6.92 Å². The molecule has 1 aliphatic carbocycles. The molecule has 1 saturated carbocycles. The fourth-order valence-electron chi connectivity index (χ4n) is 2.75. The molecule has 0 spiro atoms. The smallest absolute Gasteiger partial charge is 0.330 e. The molecule has 3 atom stereocenters. The molecular formula is C15H26O3. The van der Waals surface area contributed by atoms with Crippen LogP contribution in [0.1, 0.15) is 52.9 Å². The summed E-state index contributed by atoms with van der Waals surface area (Å²) in [5.74, 6) is 0.591. The minimum absolute atomic E-state index is 0.226. The molecule has 0 bridgehead atoms. The summed E-state index contributed by atoms with van der Waals surface area (Å²) in [6.45, 7) is 6.07. The van der Waals surface area contributed by atoms with Crippen molar-refractivity contribution in [3.8, 4) is 0 Å². The first kappa shape index (κ1) is 15.2. The van der Waals surface area contributed by atoms with Gasteiger partial charge in [-0.25, -0.2) is 4.79 Å². The molecule has 3 nitrogen and oxygen atoms in total. The molecule has 3 heteroatoms. The fourth-order valence-corrected chi connectivity index (χ4v) is 2.75. The summed E-state index contributed by atoms with van der Waals surface area (Å²) in [5.41, 5.74) is 0.406. The topological polar surface area (TPSA) is 57.5 Å². The van der Waals surface area contributed by atoms with Crippen LogP contribution in [0, 0.1) is 17.8 Å². The van der Waals surface area contributed by atoms with Crippen LogP contribution in [0.4, 0.5) is 0 Å². The Morgan fingerprint density at radius 1 is 1.39 bits per heavy atom. The molecular weight excluding hydrogens is 228 g/mol. The van der Waals surface area contributed by atoms with Crippen LogP contribution < -0.4 is 0 Å². The number of carboxylic acid groups (broad SMARTS) is 1. The van der Waals surface area contributed by atoms with Gasteiger partial charge in [0, 0.05) is 5.57 Å². The molecule has 0 saturated heterocycles. The molecule has 104 valence electrons. The zero-order chi connectivity index (χ0) is 13.7. The predicted octanol–water partition coefficient (Wildman–Crippen LogP) is 3.23. The van der Waals surface area contributed by atoms with Crippen molar-refractivity contribution in [2.75, 3.05) is 0 Å². The molecule has 3 unspecified atom stereocenters. The number of aliphatic hydroxyl groups excluding tert-OH is 1. The SMILES string of the molecule is CC(=CC1CC(O)CCC1CCC(C)C)C(=O)O. The van der Waals surface area contributed by atoms with Crippen molar-refractivity contribution < 1.29 is 15.0 Å². The van der Waals surface area contributed by atoms with Gasteiger partial charge in [0.1, 0.15) is 0 Å². The Bertz CT molecular complexity index is 307. The van der Waals surface area contributed by atoms with Crippen LogP contribution in [-0.4, -0.2) is 22.3 Å². The van der Waals surface area contributed by atoms with Gasteiger partial charge in [-0.3, -0.25) is 0 Å². The number of allylic oxidation sites excluding steroid dienone is 1. The normalized spacial score (nSPS) is 29.6. The highest BCUT2D eigenvalue weighted by atomic mass is 16.4. The second kappa shape index (κ2) is 6.93. The van der Waals surface area contributed by atoms with Crippen LogP contribution in [-0.2, 0) is 4.79 Å². The highest BCUT2D eigenvalue weighted by Gasteiger charge is 2.28. The van der Waals surface area contributed by atoms with Gasteiger partial charge < -0.3 is 10.2 Å². The van der Waals surface area contributed by atoms with E-state index in [9.17, 15) is 9.90 Å². The maximum atomic E-state index is 10.9. The summed E-state index contributed by atoms with van der Waals surface area (Å²) in [6, 6.07) is 0. The number of carboxylic acids is 1. The Hall–Kier alpha value is -0.830. The van der Waals surface area contributed by atoms with Crippen LogP contribution in [0.15, 0.2) is 11.6 Å². The van der Waals surface area contributed by atoms with Crippen LogP contribution in [0.25, 0.3) is 0 Å². The van der Waals surface area contributed by atoms with E-state index in [4.69, 9.17) is 5.11 Å². The van der Waals surface area contributed by atoms with Gasteiger partial charge in [0.25, 0.3) is 0 Å². The molecule has 0 amide bonds. The van der Waals surface area contributed by atoms with Crippen molar-refractivity contribution in [3.05, 3.63) is 11.6 Å². The van der Waals surface area contributed by atoms with E-state index in [1.807, 2.05) is 6.08 Å². The molecule has 0 aromatic rings. The lowest BCUT2D eigenvalue weighted by Crippen LogP contribution is -2.27. The first-order valence-corrected chi connectivity index (χ1v) is 7.00. The summed E-state index contributed by atoms with van der Waals surface area (Å²) in [6.07, 6.45) is 6.50. The summed E-state index contributed by atoms with van der Waals surface area (Å²) < 4.78 is 0. The summed E-state index contributed by atoms with van der Waals surface area (Å²) in [4.78, 5) is 10.9. The van der Waals surface area contributed by atoms with E-state index in [2.05, 4.69) is 13.8 Å². The third kappa shape index (κ3) is 4.81. The lowest BCUT2D eigenvalue weighted by molar-refractivity contribution is -0.132. The molecule has 0 heterocycles. The van der Waals surface area contributed by atoms with Crippen LogP contribution >= 0.6 is 0 Å². The monoisotopic (exact) mass is 254 g/mol. The average molecular weight is 254 g/mol. The predicted molar refractivity (Wildman–Crippen MR) is 72.3 cm³/mol. The fraction of sp³-hybridized carbons (Fsp3) is 0.800. The maximum absolute atomic E-state index is 10.9. The van der Waals surface area contributed by atoms with E-state index in [0.29, 0.717) is 23.8 Å². The number of rotatable bonds is 5. The number of hydrogen-bond acceptors (Lipinski definition) is 2. The molecule has 1 fully saturated rings. The Morgan fingerprint density at radius 3 is 2.61 bits per heavy atom. The highest BCUT2D eigenvalue weighted by Crippen LogP contribution is 2.35. The lowest BCUT2D eigenvalue weighted by Gasteiger charge is -2.33. The van der Waals surface area contributed by atoms with E-state index in [1.165, 1.54) is 6.42 Å². The number of carbonyl (C=O) groups is 1. The second-order valence-electron chi connectivity index (χ2n) is 6.02. The van der Waals surface area contributed by atoms with Crippen molar-refractivity contribution in [2.45, 2.75) is 59.0 Å². The average Bonchev–Trinajstić information content (AvgIpc) is 2.27. The first-order valence-electron chi connectivity index (χ1n) is 7.00. The van der Waals surface area contributed by atoms with Gasteiger partial charge in [0.15, 0.2) is 0 Å². The highest BCUT2D eigenvalue weighted by molar-refractivity contribution is 5.85. The number of aliphatic hydroxyl groups is 1. The van der Waals surface area contributed by atoms with Gasteiger partial charge in [0.2, 0.25) is 0 Å². The van der Waals surface area contributed by atoms with Crippen LogP contribution in [0.3, 0.4) is 0 Å². The van der Waals surface area contributed by atoms with Gasteiger partial charge in [-0.15, -0.1) is 0 Å². The maximum Gasteiger partial charge on any atom is 0.330 e. The Labute approximate surface area is 110 Å². The van der Waals surface area contributed by atoms with E-state index >= 15 is 0 Å². The van der Waals surface area contributed by atoms with Crippen molar-refractivity contribution in [3.63, 3.8) is 0 Å². The van der Waals surface area contributed by atoms with Crippen molar-refractivity contribution >= 4 is 5.97 Å². The molecule has 0 radical (unpaired) electrons. The minimum atomic E-state index is -0.849. The molecule has 0 aromatic carbocycles. The van der Waals surface area contributed by atoms with E-state index in [-0.39, 0.29) is 12.0 Å². The standard InChI is InChI=1S/C15H26O3/c1-10(2)4-5-12-6-7-14(16)9-13(12)8-11(3)15(17)18/h8,10,12-14,16H,4-7,9H2,1-3H3,(H,17,18). The van der Waals surface area contributed by atoms with Crippen molar-refractivity contribution in [1.29, 1.82) is 0 Å². The Balaban J connectivity index is 2.67. The third-order valence-corrected chi connectivity index (χ3v) is 3.94. The molecule has 18 heavy (non-hydrogen) atoms. The third-order valence-electron chi connectivity index (χ3n) is 3.94. The minimum Gasteiger partial charge on any atom is -0.478 e.